The summed E-state index contributed by atoms with van der Waals surface area (Å²) in [6, 6.07) is 13.6. The number of amides is 2. The van der Waals surface area contributed by atoms with Crippen molar-refractivity contribution >= 4 is 11.8 Å². The molecule has 0 bridgehead atoms. The van der Waals surface area contributed by atoms with Crippen molar-refractivity contribution in [1.29, 1.82) is 0 Å². The zero-order valence-electron chi connectivity index (χ0n) is 22.2. The molecular formula is C29H39N5O3. The molecule has 1 N–H and O–H groups in total. The maximum atomic E-state index is 12.6. The number of para-hydroxylation sites is 1. The van der Waals surface area contributed by atoms with Gasteiger partial charge in [-0.3, -0.25) is 19.3 Å². The number of rotatable bonds is 15. The maximum Gasteiger partial charge on any atom is 0.271 e. The van der Waals surface area contributed by atoms with Gasteiger partial charge in [0.1, 0.15) is 11.4 Å². The summed E-state index contributed by atoms with van der Waals surface area (Å²) in [6.07, 6.45) is 8.91. The van der Waals surface area contributed by atoms with Crippen LogP contribution in [0, 0.1) is 5.92 Å². The van der Waals surface area contributed by atoms with E-state index in [1.54, 1.807) is 28.0 Å². The third kappa shape index (κ3) is 9.71. The van der Waals surface area contributed by atoms with Gasteiger partial charge in [-0.2, -0.15) is 5.10 Å². The Kier molecular flexibility index (Phi) is 11.1. The Morgan fingerprint density at radius 2 is 1.95 bits per heavy atom. The molecule has 8 heteroatoms. The molecule has 2 aromatic heterocycles. The number of likely N-dealkylation sites (N-methyl/N-ethyl adjacent to an activating group) is 1. The van der Waals surface area contributed by atoms with Crippen LogP contribution >= 0.6 is 0 Å². The van der Waals surface area contributed by atoms with Gasteiger partial charge in [-0.05, 0) is 60.9 Å². The second-order valence-electron chi connectivity index (χ2n) is 9.64. The third-order valence-corrected chi connectivity index (χ3v) is 6.14. The van der Waals surface area contributed by atoms with Gasteiger partial charge in [-0.15, -0.1) is 0 Å². The summed E-state index contributed by atoms with van der Waals surface area (Å²) in [5.41, 5.74) is 2.57. The molecule has 3 aromatic rings. The zero-order valence-corrected chi connectivity index (χ0v) is 22.2. The van der Waals surface area contributed by atoms with E-state index in [9.17, 15) is 9.59 Å². The lowest BCUT2D eigenvalue weighted by Gasteiger charge is -2.17. The number of carbonyl (C=O) groups excluding carboxylic acids is 2. The number of nitrogens with one attached hydrogen (secondary N) is 1. The molecule has 0 atom stereocenters. The van der Waals surface area contributed by atoms with E-state index >= 15 is 0 Å². The van der Waals surface area contributed by atoms with Crippen molar-refractivity contribution in [1.82, 2.24) is 25.0 Å². The van der Waals surface area contributed by atoms with Gasteiger partial charge in [0.15, 0.2) is 0 Å². The van der Waals surface area contributed by atoms with Crippen LogP contribution in [0.3, 0.4) is 0 Å². The van der Waals surface area contributed by atoms with Crippen LogP contribution in [0.15, 0.2) is 61.1 Å². The Balaban J connectivity index is 1.36. The lowest BCUT2D eigenvalue weighted by Crippen LogP contribution is -2.28. The molecule has 0 aliphatic carbocycles. The Labute approximate surface area is 220 Å². The first-order valence-electron chi connectivity index (χ1n) is 13.1. The molecule has 0 aliphatic rings. The molecule has 0 aliphatic heterocycles. The standard InChI is InChI=1S/C29H39N5O3/c1-23(2)15-21-37-27-10-5-4-9-25(27)12-17-31-29(36)26-14-20-34(32-26)18-7-11-28(35)33(3)19-13-24-8-6-16-30-22-24/h4-6,8-10,14,16,20,22-23H,7,11-13,15,17-19,21H2,1-3H3,(H,31,36). The largest absolute Gasteiger partial charge is 0.493 e. The Bertz CT molecular complexity index is 1110. The maximum absolute atomic E-state index is 12.6. The van der Waals surface area contributed by atoms with Gasteiger partial charge < -0.3 is 15.0 Å². The van der Waals surface area contributed by atoms with Crippen LogP contribution in [0.5, 0.6) is 5.75 Å². The molecule has 0 unspecified atom stereocenters. The van der Waals surface area contributed by atoms with Crippen LogP contribution in [0.25, 0.3) is 0 Å². The molecule has 1 aromatic carbocycles. The minimum atomic E-state index is -0.205. The number of carbonyl (C=O) groups is 2. The first-order chi connectivity index (χ1) is 17.9. The van der Waals surface area contributed by atoms with Crippen molar-refractivity contribution in [2.24, 2.45) is 5.92 Å². The minimum absolute atomic E-state index is 0.0995. The fraction of sp³-hybridized carbons (Fsp3) is 0.448. The predicted molar refractivity (Wildman–Crippen MR) is 144 cm³/mol. The Morgan fingerprint density at radius 1 is 1.11 bits per heavy atom. The SMILES string of the molecule is CC(C)CCOc1ccccc1CCNC(=O)c1ccn(CCCC(=O)N(C)CCc2cccnc2)n1. The fourth-order valence-electron chi connectivity index (χ4n) is 3.81. The molecule has 37 heavy (non-hydrogen) atoms. The van der Waals surface area contributed by atoms with Crippen molar-refractivity contribution in [2.45, 2.75) is 52.5 Å². The summed E-state index contributed by atoms with van der Waals surface area (Å²) in [5, 5.41) is 7.32. The van der Waals surface area contributed by atoms with Gasteiger partial charge in [-0.1, -0.05) is 38.1 Å². The van der Waals surface area contributed by atoms with Gasteiger partial charge in [0.2, 0.25) is 5.91 Å². The molecule has 2 heterocycles. The molecule has 0 saturated carbocycles. The lowest BCUT2D eigenvalue weighted by atomic mass is 10.1. The van der Waals surface area contributed by atoms with Crippen LogP contribution in [-0.4, -0.2) is 58.2 Å². The number of benzene rings is 1. The van der Waals surface area contributed by atoms with Gasteiger partial charge in [0.25, 0.3) is 5.91 Å². The summed E-state index contributed by atoms with van der Waals surface area (Å²) in [4.78, 5) is 30.8. The van der Waals surface area contributed by atoms with Crippen LogP contribution in [0.1, 0.15) is 54.7 Å². The van der Waals surface area contributed by atoms with E-state index in [0.29, 0.717) is 57.1 Å². The van der Waals surface area contributed by atoms with Gasteiger partial charge in [0.05, 0.1) is 6.61 Å². The Morgan fingerprint density at radius 3 is 2.73 bits per heavy atom. The topological polar surface area (TPSA) is 89.4 Å². The van der Waals surface area contributed by atoms with Crippen molar-refractivity contribution in [3.63, 3.8) is 0 Å². The van der Waals surface area contributed by atoms with E-state index in [-0.39, 0.29) is 11.8 Å². The third-order valence-electron chi connectivity index (χ3n) is 6.14. The summed E-state index contributed by atoms with van der Waals surface area (Å²) >= 11 is 0. The first-order valence-corrected chi connectivity index (χ1v) is 13.1. The van der Waals surface area contributed by atoms with E-state index in [0.717, 1.165) is 29.7 Å². The smallest absolute Gasteiger partial charge is 0.271 e. The second kappa shape index (κ2) is 14.8. The molecule has 198 valence electrons. The first kappa shape index (κ1) is 27.9. The number of aromatic nitrogens is 3. The summed E-state index contributed by atoms with van der Waals surface area (Å²) in [5.74, 6) is 1.36. The molecule has 2 amide bonds. The normalized spacial score (nSPS) is 10.9. The molecule has 0 saturated heterocycles. The molecule has 3 rings (SSSR count). The van der Waals surface area contributed by atoms with Crippen LogP contribution in [0.4, 0.5) is 0 Å². The minimum Gasteiger partial charge on any atom is -0.493 e. The predicted octanol–water partition coefficient (Wildman–Crippen LogP) is 4.16. The van der Waals surface area contributed by atoms with Crippen molar-refractivity contribution in [3.8, 4) is 5.75 Å². The highest BCUT2D eigenvalue weighted by Gasteiger charge is 2.12. The van der Waals surface area contributed by atoms with Crippen LogP contribution in [0.2, 0.25) is 0 Å². The monoisotopic (exact) mass is 505 g/mol. The molecule has 8 nitrogen and oxygen atoms in total. The number of nitrogens with zero attached hydrogens (tertiary/aromatic N) is 4. The number of hydrogen-bond donors (Lipinski definition) is 1. The van der Waals surface area contributed by atoms with Crippen molar-refractivity contribution < 1.29 is 14.3 Å². The molecular weight excluding hydrogens is 466 g/mol. The number of ether oxygens (including phenoxy) is 1. The molecule has 0 spiro atoms. The van der Waals surface area contributed by atoms with E-state index in [1.165, 1.54) is 0 Å². The molecule has 0 fully saturated rings. The number of hydrogen-bond acceptors (Lipinski definition) is 5. The van der Waals surface area contributed by atoms with Crippen molar-refractivity contribution in [3.05, 3.63) is 77.9 Å². The summed E-state index contributed by atoms with van der Waals surface area (Å²) in [6.45, 7) is 6.77. The Hall–Kier alpha value is -3.68. The average Bonchev–Trinajstić information content (AvgIpc) is 3.37. The van der Waals surface area contributed by atoms with Crippen molar-refractivity contribution in [2.75, 3.05) is 26.7 Å². The number of aryl methyl sites for hydroxylation is 1. The van der Waals surface area contributed by atoms with Crippen LogP contribution < -0.4 is 10.1 Å². The van der Waals surface area contributed by atoms with Gasteiger partial charge >= 0.3 is 0 Å². The van der Waals surface area contributed by atoms with E-state index in [1.807, 2.05) is 49.6 Å². The summed E-state index contributed by atoms with van der Waals surface area (Å²) < 4.78 is 7.66. The van der Waals surface area contributed by atoms with E-state index < -0.39 is 0 Å². The highest BCUT2D eigenvalue weighted by Crippen LogP contribution is 2.19. The highest BCUT2D eigenvalue weighted by molar-refractivity contribution is 5.92. The molecule has 0 radical (unpaired) electrons. The lowest BCUT2D eigenvalue weighted by molar-refractivity contribution is -0.130. The van der Waals surface area contributed by atoms with E-state index in [2.05, 4.69) is 29.2 Å². The summed E-state index contributed by atoms with van der Waals surface area (Å²) in [7, 11) is 1.82. The quantitative estimate of drug-likeness (QED) is 0.335. The second-order valence-corrected chi connectivity index (χ2v) is 9.64. The highest BCUT2D eigenvalue weighted by atomic mass is 16.5. The van der Waals surface area contributed by atoms with Crippen LogP contribution in [-0.2, 0) is 24.2 Å². The van der Waals surface area contributed by atoms with E-state index in [4.69, 9.17) is 4.74 Å². The fourth-order valence-corrected chi connectivity index (χ4v) is 3.81. The van der Waals surface area contributed by atoms with Gasteiger partial charge in [-0.25, -0.2) is 0 Å². The average molecular weight is 506 g/mol. The zero-order chi connectivity index (χ0) is 26.5. The van der Waals surface area contributed by atoms with Gasteiger partial charge in [0, 0.05) is 51.7 Å². The number of pyridine rings is 1.